The zero-order chi connectivity index (χ0) is 22.3. The summed E-state index contributed by atoms with van der Waals surface area (Å²) in [5.74, 6) is 2.41. The summed E-state index contributed by atoms with van der Waals surface area (Å²) in [6.07, 6.45) is 1.91. The molecule has 0 radical (unpaired) electrons. The number of rotatable bonds is 10. The predicted octanol–water partition coefficient (Wildman–Crippen LogP) is 6.18. The van der Waals surface area contributed by atoms with Gasteiger partial charge in [-0.2, -0.15) is 0 Å². The van der Waals surface area contributed by atoms with Crippen LogP contribution in [-0.4, -0.2) is 23.6 Å². The lowest BCUT2D eigenvalue weighted by molar-refractivity contribution is 0.284. The highest BCUT2D eigenvalue weighted by atomic mass is 35.5. The van der Waals surface area contributed by atoms with Crippen LogP contribution in [0.25, 0.3) is 11.0 Å². The Morgan fingerprint density at radius 2 is 1.78 bits per heavy atom. The Balaban J connectivity index is 1.25. The van der Waals surface area contributed by atoms with E-state index in [9.17, 15) is 0 Å². The molecular weight excluding hydrogens is 445 g/mol. The fourth-order valence-corrected chi connectivity index (χ4v) is 3.79. The third kappa shape index (κ3) is 5.74. The molecule has 1 heterocycles. The number of imidazole rings is 1. The van der Waals surface area contributed by atoms with Crippen molar-refractivity contribution in [1.82, 2.24) is 15.3 Å². The van der Waals surface area contributed by atoms with E-state index >= 15 is 0 Å². The Hall–Kier alpha value is -2.73. The number of ether oxygens (including phenoxy) is 2. The van der Waals surface area contributed by atoms with Gasteiger partial charge < -0.3 is 19.8 Å². The number of hydrogen-bond acceptors (Lipinski definition) is 4. The smallest absolute Gasteiger partial charge is 0.161 e. The SMILES string of the molecule is COc1cc(CNCCCc2nc3ccccc3[nH]2)ccc1OCc1ccc(Cl)c(Cl)c1. The number of methoxy groups -OCH3 is 1. The summed E-state index contributed by atoms with van der Waals surface area (Å²) in [5, 5.41) is 4.53. The van der Waals surface area contributed by atoms with E-state index in [2.05, 4.69) is 21.4 Å². The number of aryl methyl sites for hydroxylation is 1. The third-order valence-electron chi connectivity index (χ3n) is 5.14. The van der Waals surface area contributed by atoms with E-state index < -0.39 is 0 Å². The molecule has 0 spiro atoms. The van der Waals surface area contributed by atoms with Crippen LogP contribution in [0.1, 0.15) is 23.4 Å². The lowest BCUT2D eigenvalue weighted by atomic mass is 10.2. The molecule has 1 aromatic heterocycles. The van der Waals surface area contributed by atoms with Crippen LogP contribution in [0.15, 0.2) is 60.7 Å². The van der Waals surface area contributed by atoms with E-state index in [1.807, 2.05) is 42.5 Å². The Bertz CT molecular complexity index is 1160. The third-order valence-corrected chi connectivity index (χ3v) is 5.88. The molecule has 32 heavy (non-hydrogen) atoms. The Kier molecular flexibility index (Phi) is 7.53. The highest BCUT2D eigenvalue weighted by molar-refractivity contribution is 6.42. The largest absolute Gasteiger partial charge is 0.493 e. The van der Waals surface area contributed by atoms with Gasteiger partial charge in [-0.15, -0.1) is 0 Å². The Morgan fingerprint density at radius 1 is 0.938 bits per heavy atom. The van der Waals surface area contributed by atoms with E-state index in [1.165, 1.54) is 0 Å². The Labute approximate surface area is 197 Å². The lowest BCUT2D eigenvalue weighted by Crippen LogP contribution is -2.15. The molecule has 0 saturated carbocycles. The van der Waals surface area contributed by atoms with E-state index in [4.69, 9.17) is 32.7 Å². The second-order valence-electron chi connectivity index (χ2n) is 7.50. The van der Waals surface area contributed by atoms with E-state index in [1.54, 1.807) is 19.2 Å². The van der Waals surface area contributed by atoms with Crippen molar-refractivity contribution < 1.29 is 9.47 Å². The number of halogens is 2. The summed E-state index contributed by atoms with van der Waals surface area (Å²) >= 11 is 12.0. The monoisotopic (exact) mass is 469 g/mol. The number of aromatic nitrogens is 2. The van der Waals surface area contributed by atoms with Crippen LogP contribution < -0.4 is 14.8 Å². The molecule has 0 aliphatic carbocycles. The van der Waals surface area contributed by atoms with Crippen molar-refractivity contribution in [3.63, 3.8) is 0 Å². The molecular formula is C25H25Cl2N3O2. The zero-order valence-corrected chi connectivity index (χ0v) is 19.3. The van der Waals surface area contributed by atoms with Gasteiger partial charge in [0, 0.05) is 13.0 Å². The molecule has 4 aromatic rings. The number of aromatic amines is 1. The van der Waals surface area contributed by atoms with Crippen molar-refractivity contribution in [2.24, 2.45) is 0 Å². The van der Waals surface area contributed by atoms with Gasteiger partial charge in [0.2, 0.25) is 0 Å². The Morgan fingerprint density at radius 3 is 2.59 bits per heavy atom. The maximum absolute atomic E-state index is 6.07. The predicted molar refractivity (Wildman–Crippen MR) is 130 cm³/mol. The van der Waals surface area contributed by atoms with Crippen molar-refractivity contribution in [3.05, 3.63) is 87.7 Å². The number of hydrogen-bond donors (Lipinski definition) is 2. The van der Waals surface area contributed by atoms with Crippen molar-refractivity contribution in [1.29, 1.82) is 0 Å². The molecule has 166 valence electrons. The fraction of sp³-hybridized carbons (Fsp3) is 0.240. The molecule has 0 aliphatic heterocycles. The van der Waals surface area contributed by atoms with Crippen molar-refractivity contribution in [2.75, 3.05) is 13.7 Å². The van der Waals surface area contributed by atoms with Crippen LogP contribution >= 0.6 is 23.2 Å². The molecule has 0 aliphatic rings. The number of nitrogens with one attached hydrogen (secondary N) is 2. The number of fused-ring (bicyclic) bond motifs is 1. The normalized spacial score (nSPS) is 11.1. The van der Waals surface area contributed by atoms with Crippen molar-refractivity contribution in [3.8, 4) is 11.5 Å². The van der Waals surface area contributed by atoms with Crippen LogP contribution in [0.3, 0.4) is 0 Å². The molecule has 3 aromatic carbocycles. The van der Waals surface area contributed by atoms with E-state index in [0.717, 1.165) is 53.9 Å². The molecule has 7 heteroatoms. The number of H-pyrrole nitrogens is 1. The highest BCUT2D eigenvalue weighted by Crippen LogP contribution is 2.30. The maximum atomic E-state index is 6.07. The minimum Gasteiger partial charge on any atom is -0.493 e. The first-order chi connectivity index (χ1) is 15.6. The van der Waals surface area contributed by atoms with E-state index in [-0.39, 0.29) is 0 Å². The minimum atomic E-state index is 0.382. The zero-order valence-electron chi connectivity index (χ0n) is 17.8. The minimum absolute atomic E-state index is 0.382. The van der Waals surface area contributed by atoms with Crippen LogP contribution in [-0.2, 0) is 19.6 Å². The first-order valence-electron chi connectivity index (χ1n) is 10.5. The van der Waals surface area contributed by atoms with Gasteiger partial charge in [-0.25, -0.2) is 4.98 Å². The van der Waals surface area contributed by atoms with Gasteiger partial charge in [0.25, 0.3) is 0 Å². The van der Waals surface area contributed by atoms with Crippen LogP contribution in [0, 0.1) is 0 Å². The second-order valence-corrected chi connectivity index (χ2v) is 8.32. The second kappa shape index (κ2) is 10.7. The number of benzene rings is 3. The average molecular weight is 470 g/mol. The summed E-state index contributed by atoms with van der Waals surface area (Å²) in [6.45, 7) is 2.03. The van der Waals surface area contributed by atoms with Gasteiger partial charge in [-0.1, -0.05) is 47.5 Å². The van der Waals surface area contributed by atoms with Crippen LogP contribution in [0.4, 0.5) is 0 Å². The van der Waals surface area contributed by atoms with Crippen LogP contribution in [0.5, 0.6) is 11.5 Å². The number of nitrogens with zero attached hydrogens (tertiary/aromatic N) is 1. The van der Waals surface area contributed by atoms with Gasteiger partial charge in [0.15, 0.2) is 11.5 Å². The quantitative estimate of drug-likeness (QED) is 0.272. The summed E-state index contributed by atoms with van der Waals surface area (Å²) in [6, 6.07) is 19.5. The van der Waals surface area contributed by atoms with Gasteiger partial charge in [-0.3, -0.25) is 0 Å². The van der Waals surface area contributed by atoms with Crippen molar-refractivity contribution in [2.45, 2.75) is 26.0 Å². The molecule has 0 fully saturated rings. The fourth-order valence-electron chi connectivity index (χ4n) is 3.47. The summed E-state index contributed by atoms with van der Waals surface area (Å²) in [5.41, 5.74) is 4.18. The molecule has 0 saturated heterocycles. The summed E-state index contributed by atoms with van der Waals surface area (Å²) in [7, 11) is 1.64. The van der Waals surface area contributed by atoms with Crippen LogP contribution in [0.2, 0.25) is 10.0 Å². The highest BCUT2D eigenvalue weighted by Gasteiger charge is 2.08. The van der Waals surface area contributed by atoms with Gasteiger partial charge in [0.05, 0.1) is 28.2 Å². The van der Waals surface area contributed by atoms with Gasteiger partial charge in [-0.05, 0) is 60.5 Å². The maximum Gasteiger partial charge on any atom is 0.161 e. The molecule has 0 bridgehead atoms. The molecule has 2 N–H and O–H groups in total. The lowest BCUT2D eigenvalue weighted by Gasteiger charge is -2.13. The molecule has 5 nitrogen and oxygen atoms in total. The first-order valence-corrected chi connectivity index (χ1v) is 11.3. The molecule has 0 atom stereocenters. The summed E-state index contributed by atoms with van der Waals surface area (Å²) < 4.78 is 11.4. The standard InChI is InChI=1S/C25H25Cl2N3O2/c1-31-24-14-17(9-11-23(24)32-16-18-8-10-19(26)20(27)13-18)15-28-12-4-7-25-29-21-5-2-3-6-22(21)30-25/h2-3,5-6,8-11,13-14,28H,4,7,12,15-16H2,1H3,(H,29,30). The molecule has 4 rings (SSSR count). The number of para-hydroxylation sites is 2. The van der Waals surface area contributed by atoms with Gasteiger partial charge in [0.1, 0.15) is 12.4 Å². The van der Waals surface area contributed by atoms with Gasteiger partial charge >= 0.3 is 0 Å². The average Bonchev–Trinajstić information content (AvgIpc) is 3.23. The molecule has 0 amide bonds. The van der Waals surface area contributed by atoms with Crippen molar-refractivity contribution >= 4 is 34.2 Å². The first kappa shape index (κ1) is 22.5. The van der Waals surface area contributed by atoms with E-state index in [0.29, 0.717) is 28.2 Å². The topological polar surface area (TPSA) is 59.2 Å². The summed E-state index contributed by atoms with van der Waals surface area (Å²) in [4.78, 5) is 7.99. The molecule has 0 unspecified atom stereocenters.